The Labute approximate surface area is 84.8 Å². The highest BCUT2D eigenvalue weighted by Crippen LogP contribution is 2.54. The van der Waals surface area contributed by atoms with E-state index in [1.807, 2.05) is 12.1 Å². The van der Waals surface area contributed by atoms with Gasteiger partial charge in [-0.2, -0.15) is 0 Å². The molecule has 14 heavy (non-hydrogen) atoms. The van der Waals surface area contributed by atoms with Crippen molar-refractivity contribution in [2.24, 2.45) is 11.1 Å². The van der Waals surface area contributed by atoms with Crippen molar-refractivity contribution in [2.45, 2.75) is 32.7 Å². The highest BCUT2D eigenvalue weighted by atomic mass is 16.3. The van der Waals surface area contributed by atoms with Gasteiger partial charge in [0.2, 0.25) is 0 Å². The molecule has 1 fully saturated rings. The maximum Gasteiger partial charge on any atom is 0.126 e. The molecule has 2 rings (SSSR count). The molecule has 2 heteroatoms. The van der Waals surface area contributed by atoms with Gasteiger partial charge < -0.3 is 10.2 Å². The summed E-state index contributed by atoms with van der Waals surface area (Å²) in [5.41, 5.74) is 7.60. The van der Waals surface area contributed by atoms with Crippen LogP contribution in [0, 0.1) is 5.41 Å². The normalized spacial score (nSPS) is 22.1. The van der Waals surface area contributed by atoms with Crippen molar-refractivity contribution in [3.63, 3.8) is 0 Å². The van der Waals surface area contributed by atoms with E-state index in [9.17, 15) is 0 Å². The van der Waals surface area contributed by atoms with Gasteiger partial charge in [0.25, 0.3) is 0 Å². The highest BCUT2D eigenvalue weighted by Gasteiger charge is 2.47. The summed E-state index contributed by atoms with van der Waals surface area (Å²) < 4.78 is 5.29. The quantitative estimate of drug-likeness (QED) is 0.798. The van der Waals surface area contributed by atoms with Gasteiger partial charge in [-0.3, -0.25) is 0 Å². The number of nitrogens with two attached hydrogens (primary N) is 1. The Bertz CT molecular complexity index is 331. The van der Waals surface area contributed by atoms with E-state index < -0.39 is 0 Å². The van der Waals surface area contributed by atoms with Crippen LogP contribution in [0.15, 0.2) is 28.4 Å². The van der Waals surface area contributed by atoms with Crippen molar-refractivity contribution >= 4 is 6.08 Å². The van der Waals surface area contributed by atoms with E-state index in [-0.39, 0.29) is 11.5 Å². The van der Waals surface area contributed by atoms with E-state index >= 15 is 0 Å². The third-order valence-corrected chi connectivity index (χ3v) is 3.35. The molecule has 1 saturated carbocycles. The summed E-state index contributed by atoms with van der Waals surface area (Å²) in [5.74, 6) is 0.925. The van der Waals surface area contributed by atoms with Gasteiger partial charge in [0, 0.05) is 11.5 Å². The Balaban J connectivity index is 2.20. The van der Waals surface area contributed by atoms with E-state index in [1.54, 1.807) is 6.26 Å². The minimum absolute atomic E-state index is 0.244. The SMILES string of the molecule is C/C(=C\c1ccco1)C1(C(C)N)CC1. The van der Waals surface area contributed by atoms with Crippen LogP contribution in [0.3, 0.4) is 0 Å². The lowest BCUT2D eigenvalue weighted by atomic mass is 9.90. The number of hydrogen-bond donors (Lipinski definition) is 1. The second kappa shape index (κ2) is 3.28. The molecular formula is C12H17NO. The van der Waals surface area contributed by atoms with Crippen LogP contribution in [0.1, 0.15) is 32.4 Å². The van der Waals surface area contributed by atoms with Gasteiger partial charge in [-0.1, -0.05) is 5.57 Å². The molecule has 0 radical (unpaired) electrons. The van der Waals surface area contributed by atoms with Gasteiger partial charge in [-0.25, -0.2) is 0 Å². The van der Waals surface area contributed by atoms with Crippen molar-refractivity contribution in [2.75, 3.05) is 0 Å². The molecule has 0 bridgehead atoms. The molecule has 0 aliphatic heterocycles. The maximum absolute atomic E-state index is 5.99. The molecular weight excluding hydrogens is 174 g/mol. The zero-order chi connectivity index (χ0) is 10.2. The maximum atomic E-state index is 5.99. The molecule has 1 aliphatic carbocycles. The summed E-state index contributed by atoms with van der Waals surface area (Å²) in [6, 6.07) is 4.12. The molecule has 76 valence electrons. The average molecular weight is 191 g/mol. The Morgan fingerprint density at radius 3 is 2.79 bits per heavy atom. The summed E-state index contributed by atoms with van der Waals surface area (Å²) in [7, 11) is 0. The van der Waals surface area contributed by atoms with Crippen molar-refractivity contribution in [3.8, 4) is 0 Å². The van der Waals surface area contributed by atoms with Crippen LogP contribution >= 0.6 is 0 Å². The fourth-order valence-corrected chi connectivity index (χ4v) is 2.07. The molecule has 1 aromatic rings. The predicted octanol–water partition coefficient (Wildman–Crippen LogP) is 2.81. The Hall–Kier alpha value is -1.02. The summed E-state index contributed by atoms with van der Waals surface area (Å²) in [5, 5.41) is 0. The second-order valence-corrected chi connectivity index (χ2v) is 4.29. The van der Waals surface area contributed by atoms with Crippen LogP contribution in [-0.2, 0) is 0 Å². The van der Waals surface area contributed by atoms with Gasteiger partial charge in [0.15, 0.2) is 0 Å². The molecule has 1 atom stereocenters. The lowest BCUT2D eigenvalue weighted by Gasteiger charge is -2.20. The fraction of sp³-hybridized carbons (Fsp3) is 0.500. The van der Waals surface area contributed by atoms with Gasteiger partial charge >= 0.3 is 0 Å². The Morgan fingerprint density at radius 2 is 2.36 bits per heavy atom. The molecule has 2 N–H and O–H groups in total. The number of hydrogen-bond acceptors (Lipinski definition) is 2. The lowest BCUT2D eigenvalue weighted by molar-refractivity contribution is 0.493. The third-order valence-electron chi connectivity index (χ3n) is 3.35. The largest absolute Gasteiger partial charge is 0.465 e. The van der Waals surface area contributed by atoms with Crippen molar-refractivity contribution < 1.29 is 4.42 Å². The number of furan rings is 1. The van der Waals surface area contributed by atoms with Gasteiger partial charge in [-0.15, -0.1) is 0 Å². The van der Waals surface area contributed by atoms with Crippen LogP contribution in [0.2, 0.25) is 0 Å². The fourth-order valence-electron chi connectivity index (χ4n) is 2.07. The van der Waals surface area contributed by atoms with Gasteiger partial charge in [0.1, 0.15) is 5.76 Å². The second-order valence-electron chi connectivity index (χ2n) is 4.29. The van der Waals surface area contributed by atoms with E-state index in [0.29, 0.717) is 0 Å². The van der Waals surface area contributed by atoms with Crippen molar-refractivity contribution in [1.82, 2.24) is 0 Å². The Morgan fingerprint density at radius 1 is 1.64 bits per heavy atom. The molecule has 2 nitrogen and oxygen atoms in total. The topological polar surface area (TPSA) is 39.2 Å². The van der Waals surface area contributed by atoms with Crippen LogP contribution in [0.25, 0.3) is 6.08 Å². The molecule has 0 saturated heterocycles. The molecule has 1 aliphatic rings. The first-order chi connectivity index (χ1) is 6.65. The summed E-state index contributed by atoms with van der Waals surface area (Å²) in [6.07, 6.45) is 6.24. The Kier molecular flexibility index (Phi) is 2.23. The monoisotopic (exact) mass is 191 g/mol. The third kappa shape index (κ3) is 1.50. The van der Waals surface area contributed by atoms with Crippen LogP contribution in [0.5, 0.6) is 0 Å². The first-order valence-corrected chi connectivity index (χ1v) is 5.13. The van der Waals surface area contributed by atoms with E-state index in [1.165, 1.54) is 18.4 Å². The van der Waals surface area contributed by atoms with Crippen molar-refractivity contribution in [1.29, 1.82) is 0 Å². The summed E-state index contributed by atoms with van der Waals surface area (Å²) in [6.45, 7) is 4.24. The molecule has 0 aromatic carbocycles. The van der Waals surface area contributed by atoms with Crippen LogP contribution < -0.4 is 5.73 Å². The molecule has 1 heterocycles. The lowest BCUT2D eigenvalue weighted by Crippen LogP contribution is -2.28. The summed E-state index contributed by atoms with van der Waals surface area (Å²) in [4.78, 5) is 0. The molecule has 1 unspecified atom stereocenters. The predicted molar refractivity (Wildman–Crippen MR) is 57.7 cm³/mol. The number of rotatable bonds is 3. The van der Waals surface area contributed by atoms with Gasteiger partial charge in [-0.05, 0) is 44.9 Å². The minimum atomic E-state index is 0.244. The van der Waals surface area contributed by atoms with E-state index in [2.05, 4.69) is 19.9 Å². The van der Waals surface area contributed by atoms with Crippen molar-refractivity contribution in [3.05, 3.63) is 29.7 Å². The molecule has 1 aromatic heterocycles. The summed E-state index contributed by atoms with van der Waals surface area (Å²) >= 11 is 0. The highest BCUT2D eigenvalue weighted by molar-refractivity contribution is 5.50. The molecule has 0 amide bonds. The van der Waals surface area contributed by atoms with Crippen LogP contribution in [0.4, 0.5) is 0 Å². The zero-order valence-corrected chi connectivity index (χ0v) is 8.79. The van der Waals surface area contributed by atoms with Crippen LogP contribution in [-0.4, -0.2) is 6.04 Å². The minimum Gasteiger partial charge on any atom is -0.465 e. The first-order valence-electron chi connectivity index (χ1n) is 5.13. The standard InChI is InChI=1S/C12H17NO/c1-9(8-11-4-3-7-14-11)12(5-6-12)10(2)13/h3-4,7-8,10H,5-6,13H2,1-2H3/b9-8+. The smallest absolute Gasteiger partial charge is 0.126 e. The van der Waals surface area contributed by atoms with E-state index in [0.717, 1.165) is 5.76 Å². The van der Waals surface area contributed by atoms with Gasteiger partial charge in [0.05, 0.1) is 6.26 Å². The van der Waals surface area contributed by atoms with E-state index in [4.69, 9.17) is 10.2 Å². The average Bonchev–Trinajstić information content (AvgIpc) is 2.81. The molecule has 0 spiro atoms. The first kappa shape index (κ1) is 9.53. The zero-order valence-electron chi connectivity index (χ0n) is 8.79.